The summed E-state index contributed by atoms with van der Waals surface area (Å²) in [5, 5.41) is 3.20. The Morgan fingerprint density at radius 3 is 2.85 bits per heavy atom. The molecule has 0 amide bonds. The van der Waals surface area contributed by atoms with Gasteiger partial charge in [0.15, 0.2) is 0 Å². The lowest BCUT2D eigenvalue weighted by Crippen LogP contribution is -2.38. The van der Waals surface area contributed by atoms with Crippen LogP contribution in [-0.2, 0) is 0 Å². The van der Waals surface area contributed by atoms with Crippen molar-refractivity contribution in [1.29, 1.82) is 0 Å². The van der Waals surface area contributed by atoms with Gasteiger partial charge < -0.3 is 10.1 Å². The number of likely N-dealkylation sites (N-methyl/N-ethyl adjacent to an activating group) is 1. The topological polar surface area (TPSA) is 24.5 Å². The predicted octanol–water partition coefficient (Wildman–Crippen LogP) is 3.03. The zero-order valence-corrected chi connectivity index (χ0v) is 12.0. The van der Waals surface area contributed by atoms with Crippen molar-refractivity contribution < 1.29 is 13.5 Å². The Balaban J connectivity index is 2.17. The van der Waals surface area contributed by atoms with E-state index < -0.39 is 6.61 Å². The van der Waals surface area contributed by atoms with E-state index in [2.05, 4.69) is 21.9 Å². The number of halogens is 2. The number of likely N-dealkylation sites (tertiary alicyclic amines) is 1. The number of nitrogens with zero attached hydrogens (tertiary/aromatic N) is 1. The van der Waals surface area contributed by atoms with Crippen molar-refractivity contribution in [2.24, 2.45) is 0 Å². The molecule has 0 aliphatic carbocycles. The van der Waals surface area contributed by atoms with E-state index in [1.165, 1.54) is 0 Å². The molecule has 0 radical (unpaired) electrons. The predicted molar refractivity (Wildman–Crippen MR) is 75.1 cm³/mol. The normalized spacial score (nSPS) is 21.4. The van der Waals surface area contributed by atoms with Crippen LogP contribution in [0.2, 0.25) is 0 Å². The number of alkyl halides is 2. The minimum atomic E-state index is -2.78. The molecule has 1 aliphatic rings. The van der Waals surface area contributed by atoms with Crippen LogP contribution in [0.3, 0.4) is 0 Å². The monoisotopic (exact) mass is 284 g/mol. The van der Waals surface area contributed by atoms with Gasteiger partial charge in [-0.1, -0.05) is 18.2 Å². The van der Waals surface area contributed by atoms with E-state index in [1.54, 1.807) is 12.1 Å². The SMILES string of the molecule is CNCC1CCCN1C(C)c1ccccc1OC(F)F. The van der Waals surface area contributed by atoms with Crippen LogP contribution < -0.4 is 10.1 Å². The van der Waals surface area contributed by atoms with Crippen molar-refractivity contribution in [3.05, 3.63) is 29.8 Å². The molecule has 1 aromatic carbocycles. The molecule has 1 aromatic rings. The number of benzene rings is 1. The van der Waals surface area contributed by atoms with Crippen LogP contribution >= 0.6 is 0 Å². The number of ether oxygens (including phenoxy) is 1. The molecule has 2 unspecified atom stereocenters. The third kappa shape index (κ3) is 3.46. The van der Waals surface area contributed by atoms with Gasteiger partial charge in [-0.2, -0.15) is 8.78 Å². The number of para-hydroxylation sites is 1. The van der Waals surface area contributed by atoms with E-state index in [9.17, 15) is 8.78 Å². The first-order valence-corrected chi connectivity index (χ1v) is 7.07. The van der Waals surface area contributed by atoms with Crippen LogP contribution in [0.25, 0.3) is 0 Å². The molecule has 2 rings (SSSR count). The third-order valence-electron chi connectivity index (χ3n) is 3.95. The van der Waals surface area contributed by atoms with Crippen molar-refractivity contribution in [1.82, 2.24) is 10.2 Å². The van der Waals surface area contributed by atoms with Gasteiger partial charge in [0.1, 0.15) is 5.75 Å². The first-order valence-electron chi connectivity index (χ1n) is 7.07. The van der Waals surface area contributed by atoms with Crippen LogP contribution in [0.15, 0.2) is 24.3 Å². The molecule has 2 atom stereocenters. The fourth-order valence-electron chi connectivity index (χ4n) is 3.03. The van der Waals surface area contributed by atoms with Crippen molar-refractivity contribution in [2.45, 2.75) is 38.5 Å². The van der Waals surface area contributed by atoms with Crippen molar-refractivity contribution in [3.63, 3.8) is 0 Å². The summed E-state index contributed by atoms with van der Waals surface area (Å²) in [4.78, 5) is 2.37. The van der Waals surface area contributed by atoms with Crippen LogP contribution in [0.4, 0.5) is 8.78 Å². The van der Waals surface area contributed by atoms with Gasteiger partial charge in [-0.05, 0) is 39.4 Å². The zero-order valence-electron chi connectivity index (χ0n) is 12.0. The molecule has 1 saturated heterocycles. The van der Waals surface area contributed by atoms with Gasteiger partial charge >= 0.3 is 6.61 Å². The molecular formula is C15H22F2N2O. The Labute approximate surface area is 118 Å². The van der Waals surface area contributed by atoms with Crippen LogP contribution in [-0.4, -0.2) is 37.7 Å². The maximum atomic E-state index is 12.5. The maximum Gasteiger partial charge on any atom is 0.387 e. The number of nitrogens with one attached hydrogen (secondary N) is 1. The molecule has 112 valence electrons. The molecule has 0 bridgehead atoms. The standard InChI is InChI=1S/C15H22F2N2O/c1-11(19-9-5-6-12(19)10-18-2)13-7-3-4-8-14(13)20-15(16)17/h3-4,7-8,11-12,15,18H,5-6,9-10H2,1-2H3. The largest absolute Gasteiger partial charge is 0.434 e. The molecule has 20 heavy (non-hydrogen) atoms. The molecule has 0 spiro atoms. The Bertz CT molecular complexity index is 428. The van der Waals surface area contributed by atoms with Gasteiger partial charge in [-0.25, -0.2) is 0 Å². The first-order chi connectivity index (χ1) is 9.63. The molecule has 5 heteroatoms. The fourth-order valence-corrected chi connectivity index (χ4v) is 3.03. The van der Waals surface area contributed by atoms with E-state index in [-0.39, 0.29) is 11.8 Å². The molecule has 0 aromatic heterocycles. The average Bonchev–Trinajstić information content (AvgIpc) is 2.86. The molecule has 1 heterocycles. The summed E-state index contributed by atoms with van der Waals surface area (Å²) < 4.78 is 29.6. The summed E-state index contributed by atoms with van der Waals surface area (Å²) in [6.45, 7) is 1.19. The van der Waals surface area contributed by atoms with E-state index in [1.807, 2.05) is 19.2 Å². The third-order valence-corrected chi connectivity index (χ3v) is 3.95. The second-order valence-corrected chi connectivity index (χ2v) is 5.18. The lowest BCUT2D eigenvalue weighted by molar-refractivity contribution is -0.0511. The Hall–Kier alpha value is -1.20. The number of hydrogen-bond donors (Lipinski definition) is 1. The van der Waals surface area contributed by atoms with Gasteiger partial charge in [0.2, 0.25) is 0 Å². The quantitative estimate of drug-likeness (QED) is 0.869. The highest BCUT2D eigenvalue weighted by Gasteiger charge is 2.30. The molecule has 1 N–H and O–H groups in total. The summed E-state index contributed by atoms with van der Waals surface area (Å²) in [6, 6.07) is 7.61. The average molecular weight is 284 g/mol. The molecule has 3 nitrogen and oxygen atoms in total. The summed E-state index contributed by atoms with van der Waals surface area (Å²) >= 11 is 0. The van der Waals surface area contributed by atoms with E-state index in [4.69, 9.17) is 0 Å². The minimum absolute atomic E-state index is 0.0748. The Morgan fingerprint density at radius 2 is 2.15 bits per heavy atom. The summed E-state index contributed by atoms with van der Waals surface area (Å²) in [5.74, 6) is 0.283. The van der Waals surface area contributed by atoms with E-state index in [0.29, 0.717) is 6.04 Å². The van der Waals surface area contributed by atoms with Gasteiger partial charge in [0.25, 0.3) is 0 Å². The minimum Gasteiger partial charge on any atom is -0.434 e. The van der Waals surface area contributed by atoms with Gasteiger partial charge in [0.05, 0.1) is 0 Å². The van der Waals surface area contributed by atoms with Crippen molar-refractivity contribution >= 4 is 0 Å². The summed E-state index contributed by atoms with van der Waals surface area (Å²) in [7, 11) is 1.94. The lowest BCUT2D eigenvalue weighted by atomic mass is 10.0. The maximum absolute atomic E-state index is 12.5. The van der Waals surface area contributed by atoms with Crippen LogP contribution in [0.5, 0.6) is 5.75 Å². The highest BCUT2D eigenvalue weighted by Crippen LogP contribution is 2.34. The lowest BCUT2D eigenvalue weighted by Gasteiger charge is -2.31. The molecule has 1 fully saturated rings. The van der Waals surface area contributed by atoms with Crippen molar-refractivity contribution in [2.75, 3.05) is 20.1 Å². The molecule has 0 saturated carbocycles. The second-order valence-electron chi connectivity index (χ2n) is 5.18. The fraction of sp³-hybridized carbons (Fsp3) is 0.600. The highest BCUT2D eigenvalue weighted by molar-refractivity contribution is 5.36. The smallest absolute Gasteiger partial charge is 0.387 e. The Kier molecular flexibility index (Phi) is 5.31. The van der Waals surface area contributed by atoms with E-state index >= 15 is 0 Å². The summed E-state index contributed by atoms with van der Waals surface area (Å²) in [6.07, 6.45) is 2.29. The van der Waals surface area contributed by atoms with Crippen LogP contribution in [0.1, 0.15) is 31.4 Å². The van der Waals surface area contributed by atoms with Crippen LogP contribution in [0, 0.1) is 0 Å². The van der Waals surface area contributed by atoms with Crippen molar-refractivity contribution in [3.8, 4) is 5.75 Å². The number of rotatable bonds is 6. The Morgan fingerprint density at radius 1 is 1.40 bits per heavy atom. The van der Waals surface area contributed by atoms with Gasteiger partial charge in [-0.3, -0.25) is 4.90 Å². The zero-order chi connectivity index (χ0) is 14.5. The summed E-state index contributed by atoms with van der Waals surface area (Å²) in [5.41, 5.74) is 0.829. The van der Waals surface area contributed by atoms with Gasteiger partial charge in [0, 0.05) is 24.2 Å². The van der Waals surface area contributed by atoms with Gasteiger partial charge in [-0.15, -0.1) is 0 Å². The van der Waals surface area contributed by atoms with E-state index in [0.717, 1.165) is 31.5 Å². The molecule has 1 aliphatic heterocycles. The second kappa shape index (κ2) is 6.99. The highest BCUT2D eigenvalue weighted by atomic mass is 19.3. The first kappa shape index (κ1) is 15.2. The number of hydrogen-bond acceptors (Lipinski definition) is 3. The molecular weight excluding hydrogens is 262 g/mol.